The van der Waals surface area contributed by atoms with Crippen LogP contribution in [0, 0.1) is 5.92 Å². The highest BCUT2D eigenvalue weighted by atomic mass is 16.7. The summed E-state index contributed by atoms with van der Waals surface area (Å²) < 4.78 is 17.1. The van der Waals surface area contributed by atoms with Gasteiger partial charge in [0.1, 0.15) is 6.04 Å². The number of rotatable bonds is 4. The van der Waals surface area contributed by atoms with Gasteiger partial charge in [0.25, 0.3) is 0 Å². The molecule has 1 aromatic carbocycles. The molecule has 0 bridgehead atoms. The van der Waals surface area contributed by atoms with Crippen LogP contribution in [-0.4, -0.2) is 38.4 Å². The van der Waals surface area contributed by atoms with Gasteiger partial charge < -0.3 is 24.3 Å². The highest BCUT2D eigenvalue weighted by molar-refractivity contribution is 5.87. The van der Waals surface area contributed by atoms with Crippen molar-refractivity contribution in [1.82, 2.24) is 0 Å². The zero-order valence-corrected chi connectivity index (χ0v) is 16.4. The molecule has 1 unspecified atom stereocenters. The van der Waals surface area contributed by atoms with Crippen molar-refractivity contribution in [1.29, 1.82) is 0 Å². The van der Waals surface area contributed by atoms with Gasteiger partial charge in [-0.2, -0.15) is 0 Å². The maximum atomic E-state index is 9.77. The van der Waals surface area contributed by atoms with E-state index in [-0.39, 0.29) is 12.8 Å². The van der Waals surface area contributed by atoms with Gasteiger partial charge in [0.2, 0.25) is 12.5 Å². The molecule has 146 valence electrons. The topological polar surface area (TPSA) is 64.7 Å². The Morgan fingerprint density at radius 3 is 2.93 bits per heavy atom. The summed E-state index contributed by atoms with van der Waals surface area (Å²) in [4.78, 5) is 1.41. The van der Waals surface area contributed by atoms with E-state index in [1.165, 1.54) is 21.6 Å². The van der Waals surface area contributed by atoms with Crippen molar-refractivity contribution in [2.45, 2.75) is 45.1 Å². The molecule has 2 heterocycles. The number of hydrogen-bond donors (Lipinski definition) is 2. The van der Waals surface area contributed by atoms with Crippen molar-refractivity contribution in [3.63, 3.8) is 0 Å². The Labute approximate surface area is 160 Å². The number of quaternary nitrogens is 1. The van der Waals surface area contributed by atoms with Crippen molar-refractivity contribution >= 4 is 5.71 Å². The predicted octanol–water partition coefficient (Wildman–Crippen LogP) is 2.50. The van der Waals surface area contributed by atoms with Crippen LogP contribution in [0.4, 0.5) is 0 Å². The number of methoxy groups -OCH3 is 1. The van der Waals surface area contributed by atoms with Gasteiger partial charge in [0.15, 0.2) is 11.5 Å². The fourth-order valence-corrected chi connectivity index (χ4v) is 4.66. The summed E-state index contributed by atoms with van der Waals surface area (Å²) in [6.07, 6.45) is 7.07. The first kappa shape index (κ1) is 18.2. The lowest BCUT2D eigenvalue weighted by Gasteiger charge is -2.34. The summed E-state index contributed by atoms with van der Waals surface area (Å²) in [5.41, 5.74) is 4.76. The Balaban J connectivity index is 1.68. The van der Waals surface area contributed by atoms with Crippen molar-refractivity contribution < 1.29 is 24.3 Å². The van der Waals surface area contributed by atoms with Gasteiger partial charge in [-0.15, -0.1) is 0 Å². The van der Waals surface area contributed by atoms with E-state index >= 15 is 0 Å². The molecule has 2 N–H and O–H groups in total. The third-order valence-electron chi connectivity index (χ3n) is 6.33. The summed E-state index contributed by atoms with van der Waals surface area (Å²) in [6.45, 7) is 3.44. The number of oxime groups is 1. The third-order valence-corrected chi connectivity index (χ3v) is 6.33. The van der Waals surface area contributed by atoms with Crippen LogP contribution in [0.1, 0.15) is 49.8 Å². The fraction of sp³-hybridized carbons (Fsp3) is 0.571. The van der Waals surface area contributed by atoms with Gasteiger partial charge in [-0.05, 0) is 37.8 Å². The van der Waals surface area contributed by atoms with Gasteiger partial charge in [-0.3, -0.25) is 0 Å². The first-order valence-electron chi connectivity index (χ1n) is 9.80. The lowest BCUT2D eigenvalue weighted by atomic mass is 9.81. The van der Waals surface area contributed by atoms with E-state index in [1.807, 2.05) is 0 Å². The van der Waals surface area contributed by atoms with Crippen LogP contribution >= 0.6 is 0 Å². The van der Waals surface area contributed by atoms with Gasteiger partial charge in [-0.25, -0.2) is 0 Å². The molecule has 3 aliphatic rings. The monoisotopic (exact) mass is 373 g/mol. The SMILES string of the molecule is COc1c2c(cc3c1[C@H](CC(=NO)[C@H]1CC=C(C)CC1)[NH+](C)CC3)OCO2. The highest BCUT2D eigenvalue weighted by Crippen LogP contribution is 2.48. The van der Waals surface area contributed by atoms with Crippen molar-refractivity contribution in [3.8, 4) is 17.2 Å². The maximum Gasteiger partial charge on any atom is 0.231 e. The van der Waals surface area contributed by atoms with Crippen LogP contribution in [-0.2, 0) is 6.42 Å². The normalized spacial score (nSPS) is 27.1. The second kappa shape index (κ2) is 7.43. The molecule has 0 amide bonds. The van der Waals surface area contributed by atoms with E-state index in [1.54, 1.807) is 7.11 Å². The molecule has 1 aliphatic carbocycles. The predicted molar refractivity (Wildman–Crippen MR) is 102 cm³/mol. The lowest BCUT2D eigenvalue weighted by Crippen LogP contribution is -3.10. The number of nitrogens with one attached hydrogen (secondary N) is 1. The molecule has 3 atom stereocenters. The van der Waals surface area contributed by atoms with E-state index in [4.69, 9.17) is 14.2 Å². The summed E-state index contributed by atoms with van der Waals surface area (Å²) in [5.74, 6) is 2.57. The van der Waals surface area contributed by atoms with E-state index in [9.17, 15) is 5.21 Å². The lowest BCUT2D eigenvalue weighted by molar-refractivity contribution is -0.913. The van der Waals surface area contributed by atoms with Crippen LogP contribution in [0.3, 0.4) is 0 Å². The number of likely N-dealkylation sites (N-methyl/N-ethyl adjacent to an activating group) is 1. The maximum absolute atomic E-state index is 9.77. The van der Waals surface area contributed by atoms with Crippen molar-refractivity contribution in [3.05, 3.63) is 28.8 Å². The molecule has 0 fully saturated rings. The van der Waals surface area contributed by atoms with Crippen LogP contribution in [0.25, 0.3) is 0 Å². The van der Waals surface area contributed by atoms with E-state index in [2.05, 4.69) is 31.3 Å². The molecule has 6 nitrogen and oxygen atoms in total. The quantitative estimate of drug-likeness (QED) is 0.368. The zero-order chi connectivity index (χ0) is 19.0. The van der Waals surface area contributed by atoms with Crippen molar-refractivity contribution in [2.24, 2.45) is 11.1 Å². The third kappa shape index (κ3) is 3.27. The molecule has 0 radical (unpaired) electrons. The minimum Gasteiger partial charge on any atom is -0.492 e. The Morgan fingerprint density at radius 1 is 1.37 bits per heavy atom. The van der Waals surface area contributed by atoms with Crippen LogP contribution < -0.4 is 19.1 Å². The number of allylic oxidation sites excluding steroid dienone is 2. The first-order chi connectivity index (χ1) is 13.1. The number of nitrogens with zero attached hydrogens (tertiary/aromatic N) is 1. The van der Waals surface area contributed by atoms with Crippen LogP contribution in [0.2, 0.25) is 0 Å². The second-order valence-electron chi connectivity index (χ2n) is 7.93. The molecule has 1 aromatic rings. The van der Waals surface area contributed by atoms with E-state index in [0.717, 1.165) is 55.9 Å². The average Bonchev–Trinajstić information content (AvgIpc) is 3.15. The van der Waals surface area contributed by atoms with Crippen molar-refractivity contribution in [2.75, 3.05) is 27.5 Å². The fourth-order valence-electron chi connectivity index (χ4n) is 4.66. The Kier molecular flexibility index (Phi) is 5.00. The molecule has 0 aromatic heterocycles. The van der Waals surface area contributed by atoms with Gasteiger partial charge in [0, 0.05) is 18.8 Å². The minimum atomic E-state index is 0.177. The molecule has 4 rings (SSSR count). The molecular weight excluding hydrogens is 344 g/mol. The molecule has 0 saturated carbocycles. The second-order valence-corrected chi connectivity index (χ2v) is 7.93. The molecule has 27 heavy (non-hydrogen) atoms. The zero-order valence-electron chi connectivity index (χ0n) is 16.4. The average molecular weight is 373 g/mol. The van der Waals surface area contributed by atoms with Gasteiger partial charge >= 0.3 is 0 Å². The summed E-state index contributed by atoms with van der Waals surface area (Å²) in [5, 5.41) is 13.5. The number of benzene rings is 1. The highest BCUT2D eigenvalue weighted by Gasteiger charge is 2.38. The number of fused-ring (bicyclic) bond motifs is 2. The largest absolute Gasteiger partial charge is 0.492 e. The summed E-state index contributed by atoms with van der Waals surface area (Å²) in [6, 6.07) is 2.28. The summed E-state index contributed by atoms with van der Waals surface area (Å²) in [7, 11) is 3.89. The molecule has 0 spiro atoms. The number of ether oxygens (including phenoxy) is 3. The standard InChI is InChI=1S/C21H28N2O4/c1-13-4-6-14(7-5-13)16(22-24)11-17-19-15(8-9-23(17)2)10-18-20(21(19)25-3)27-12-26-18/h4,10,14,17,24H,5-9,11-12H2,1-3H3/p+1/t14-,17-/m0/s1. The van der Waals surface area contributed by atoms with Gasteiger partial charge in [0.05, 0.1) is 32.0 Å². The van der Waals surface area contributed by atoms with Crippen LogP contribution in [0.15, 0.2) is 22.9 Å². The molecular formula is C21H29N2O4+. The van der Waals surface area contributed by atoms with Gasteiger partial charge in [-0.1, -0.05) is 16.8 Å². The Morgan fingerprint density at radius 2 is 2.22 bits per heavy atom. The minimum absolute atomic E-state index is 0.177. The molecule has 2 aliphatic heterocycles. The van der Waals surface area contributed by atoms with E-state index in [0.29, 0.717) is 11.7 Å². The van der Waals surface area contributed by atoms with Crippen LogP contribution in [0.5, 0.6) is 17.2 Å². The molecule has 6 heteroatoms. The molecule has 0 saturated heterocycles. The van der Waals surface area contributed by atoms with E-state index < -0.39 is 0 Å². The smallest absolute Gasteiger partial charge is 0.231 e. The summed E-state index contributed by atoms with van der Waals surface area (Å²) >= 11 is 0. The number of hydrogen-bond acceptors (Lipinski definition) is 5. The first-order valence-corrected chi connectivity index (χ1v) is 9.80. The Bertz CT molecular complexity index is 787. The Hall–Kier alpha value is -2.21.